The normalized spacial score (nSPS) is 15.6. The van der Waals surface area contributed by atoms with Crippen LogP contribution in [0.1, 0.15) is 52.8 Å². The standard InChI is InChI=1S/C21H22N2O4/c24-18(22-17-7-3-1-4-8-17)15-9-11-16(12-10-15)19(25)23-21(20(26)27)13-5-2-6-14-21/h1,3-4,7-12H,2,5-6,13-14H2,(H,22,24)(H,23,25)(H,26,27). The summed E-state index contributed by atoms with van der Waals surface area (Å²) in [6.07, 6.45) is 3.42. The Morgan fingerprint density at radius 2 is 1.33 bits per heavy atom. The van der Waals surface area contributed by atoms with Gasteiger partial charge in [-0.15, -0.1) is 0 Å². The van der Waals surface area contributed by atoms with Crippen molar-refractivity contribution in [3.8, 4) is 0 Å². The molecule has 1 aliphatic carbocycles. The lowest BCUT2D eigenvalue weighted by Gasteiger charge is -2.34. The van der Waals surface area contributed by atoms with Crippen molar-refractivity contribution in [3.63, 3.8) is 0 Å². The van der Waals surface area contributed by atoms with Gasteiger partial charge in [-0.25, -0.2) is 4.79 Å². The van der Waals surface area contributed by atoms with Gasteiger partial charge in [0, 0.05) is 16.8 Å². The van der Waals surface area contributed by atoms with Crippen LogP contribution in [0.25, 0.3) is 0 Å². The Bertz CT molecular complexity index is 825. The minimum Gasteiger partial charge on any atom is -0.480 e. The van der Waals surface area contributed by atoms with Crippen molar-refractivity contribution in [1.29, 1.82) is 0 Å². The number of carbonyl (C=O) groups excluding carboxylic acids is 2. The maximum Gasteiger partial charge on any atom is 0.329 e. The predicted molar refractivity (Wildman–Crippen MR) is 102 cm³/mol. The quantitative estimate of drug-likeness (QED) is 0.755. The molecule has 6 nitrogen and oxygen atoms in total. The van der Waals surface area contributed by atoms with Crippen LogP contribution < -0.4 is 10.6 Å². The third kappa shape index (κ3) is 4.34. The molecule has 27 heavy (non-hydrogen) atoms. The number of carbonyl (C=O) groups is 3. The van der Waals surface area contributed by atoms with Gasteiger partial charge in [0.25, 0.3) is 11.8 Å². The SMILES string of the molecule is O=C(Nc1ccccc1)c1ccc(C(=O)NC2(C(=O)O)CCCCC2)cc1. The second kappa shape index (κ2) is 8.03. The van der Waals surface area contributed by atoms with Gasteiger partial charge in [-0.05, 0) is 49.2 Å². The molecule has 2 aromatic carbocycles. The first-order chi connectivity index (χ1) is 13.0. The van der Waals surface area contributed by atoms with E-state index < -0.39 is 17.4 Å². The number of nitrogens with one attached hydrogen (secondary N) is 2. The maximum atomic E-state index is 12.5. The molecule has 0 saturated heterocycles. The van der Waals surface area contributed by atoms with Gasteiger partial charge in [0.1, 0.15) is 5.54 Å². The molecule has 2 amide bonds. The Morgan fingerprint density at radius 3 is 1.89 bits per heavy atom. The molecule has 0 radical (unpaired) electrons. The lowest BCUT2D eigenvalue weighted by Crippen LogP contribution is -2.55. The number of aliphatic carboxylic acids is 1. The molecule has 3 N–H and O–H groups in total. The number of hydrogen-bond acceptors (Lipinski definition) is 3. The zero-order chi connectivity index (χ0) is 19.3. The second-order valence-electron chi connectivity index (χ2n) is 6.80. The van der Waals surface area contributed by atoms with Gasteiger partial charge < -0.3 is 15.7 Å². The average molecular weight is 366 g/mol. The fourth-order valence-electron chi connectivity index (χ4n) is 3.33. The van der Waals surface area contributed by atoms with E-state index in [0.29, 0.717) is 29.7 Å². The zero-order valence-electron chi connectivity index (χ0n) is 14.9. The van der Waals surface area contributed by atoms with Crippen molar-refractivity contribution in [1.82, 2.24) is 5.32 Å². The number of amides is 2. The van der Waals surface area contributed by atoms with Gasteiger partial charge in [0.05, 0.1) is 0 Å². The van der Waals surface area contributed by atoms with E-state index in [2.05, 4.69) is 10.6 Å². The molecule has 0 aromatic heterocycles. The third-order valence-electron chi connectivity index (χ3n) is 4.91. The van der Waals surface area contributed by atoms with Crippen LogP contribution in [0.15, 0.2) is 54.6 Å². The molecule has 1 fully saturated rings. The van der Waals surface area contributed by atoms with Gasteiger partial charge in [0.15, 0.2) is 0 Å². The van der Waals surface area contributed by atoms with Crippen LogP contribution in [0, 0.1) is 0 Å². The summed E-state index contributed by atoms with van der Waals surface area (Å²) < 4.78 is 0. The van der Waals surface area contributed by atoms with Crippen LogP contribution in [0.4, 0.5) is 5.69 Å². The predicted octanol–water partition coefficient (Wildman–Crippen LogP) is 3.46. The van der Waals surface area contributed by atoms with E-state index in [1.54, 1.807) is 24.3 Å². The van der Waals surface area contributed by atoms with Gasteiger partial charge in [0.2, 0.25) is 0 Å². The number of hydrogen-bond donors (Lipinski definition) is 3. The molecule has 0 heterocycles. The van der Waals surface area contributed by atoms with E-state index >= 15 is 0 Å². The molecule has 0 aliphatic heterocycles. The molecule has 3 rings (SSSR count). The molecule has 0 spiro atoms. The highest BCUT2D eigenvalue weighted by molar-refractivity contribution is 6.05. The molecular formula is C21H22N2O4. The maximum absolute atomic E-state index is 12.5. The number of benzene rings is 2. The van der Waals surface area contributed by atoms with Crippen molar-refractivity contribution >= 4 is 23.5 Å². The monoisotopic (exact) mass is 366 g/mol. The van der Waals surface area contributed by atoms with Crippen LogP contribution in [-0.4, -0.2) is 28.4 Å². The average Bonchev–Trinajstić information content (AvgIpc) is 2.69. The van der Waals surface area contributed by atoms with Gasteiger partial charge in [-0.1, -0.05) is 37.5 Å². The largest absolute Gasteiger partial charge is 0.480 e. The first-order valence-corrected chi connectivity index (χ1v) is 9.03. The lowest BCUT2D eigenvalue weighted by atomic mass is 9.81. The number of carboxylic acids is 1. The van der Waals surface area contributed by atoms with Crippen LogP contribution in [0.5, 0.6) is 0 Å². The summed E-state index contributed by atoms with van der Waals surface area (Å²) >= 11 is 0. The second-order valence-corrected chi connectivity index (χ2v) is 6.80. The summed E-state index contributed by atoms with van der Waals surface area (Å²) in [6.45, 7) is 0. The van der Waals surface area contributed by atoms with Crippen molar-refractivity contribution in [3.05, 3.63) is 65.7 Å². The lowest BCUT2D eigenvalue weighted by molar-refractivity contribution is -0.145. The zero-order valence-corrected chi connectivity index (χ0v) is 14.9. The van der Waals surface area contributed by atoms with Gasteiger partial charge in [-0.2, -0.15) is 0 Å². The molecule has 140 valence electrons. The number of rotatable bonds is 5. The Labute approximate surface area is 157 Å². The van der Waals surface area contributed by atoms with Crippen molar-refractivity contribution in [2.24, 2.45) is 0 Å². The summed E-state index contributed by atoms with van der Waals surface area (Å²) in [7, 11) is 0. The van der Waals surface area contributed by atoms with E-state index in [9.17, 15) is 19.5 Å². The number of anilines is 1. The molecular weight excluding hydrogens is 344 g/mol. The molecule has 1 saturated carbocycles. The summed E-state index contributed by atoms with van der Waals surface area (Å²) in [5.41, 5.74) is 0.238. The first-order valence-electron chi connectivity index (χ1n) is 9.03. The summed E-state index contributed by atoms with van der Waals surface area (Å²) in [6, 6.07) is 15.3. The summed E-state index contributed by atoms with van der Waals surface area (Å²) in [4.78, 5) is 36.5. The molecule has 0 bridgehead atoms. The van der Waals surface area contributed by atoms with Crippen molar-refractivity contribution in [2.45, 2.75) is 37.6 Å². The molecule has 0 atom stereocenters. The van der Waals surface area contributed by atoms with Crippen LogP contribution in [0.3, 0.4) is 0 Å². The van der Waals surface area contributed by atoms with Crippen molar-refractivity contribution in [2.75, 3.05) is 5.32 Å². The first kappa shape index (κ1) is 18.6. The fraction of sp³-hybridized carbons (Fsp3) is 0.286. The Hall–Kier alpha value is -3.15. The van der Waals surface area contributed by atoms with E-state index in [1.165, 1.54) is 12.1 Å². The van der Waals surface area contributed by atoms with Crippen LogP contribution in [0.2, 0.25) is 0 Å². The van der Waals surface area contributed by atoms with E-state index in [1.807, 2.05) is 18.2 Å². The number of para-hydroxylation sites is 1. The Kier molecular flexibility index (Phi) is 5.54. The topological polar surface area (TPSA) is 95.5 Å². The van der Waals surface area contributed by atoms with Crippen LogP contribution in [-0.2, 0) is 4.79 Å². The van der Waals surface area contributed by atoms with E-state index in [0.717, 1.165) is 19.3 Å². The highest BCUT2D eigenvalue weighted by Crippen LogP contribution is 2.29. The Morgan fingerprint density at radius 1 is 0.778 bits per heavy atom. The van der Waals surface area contributed by atoms with E-state index in [-0.39, 0.29) is 5.91 Å². The van der Waals surface area contributed by atoms with E-state index in [4.69, 9.17) is 0 Å². The van der Waals surface area contributed by atoms with Gasteiger partial charge >= 0.3 is 5.97 Å². The van der Waals surface area contributed by atoms with Crippen LogP contribution >= 0.6 is 0 Å². The van der Waals surface area contributed by atoms with Gasteiger partial charge in [-0.3, -0.25) is 9.59 Å². The highest BCUT2D eigenvalue weighted by atomic mass is 16.4. The molecule has 0 unspecified atom stereocenters. The minimum absolute atomic E-state index is 0.276. The smallest absolute Gasteiger partial charge is 0.329 e. The Balaban J connectivity index is 1.68. The molecule has 6 heteroatoms. The van der Waals surface area contributed by atoms with Crippen molar-refractivity contribution < 1.29 is 19.5 Å². The fourth-order valence-corrected chi connectivity index (χ4v) is 3.33. The number of carboxylic acid groups (broad SMARTS) is 1. The summed E-state index contributed by atoms with van der Waals surface area (Å²) in [5.74, 6) is -1.70. The highest BCUT2D eigenvalue weighted by Gasteiger charge is 2.41. The molecule has 1 aliphatic rings. The molecule has 2 aromatic rings. The summed E-state index contributed by atoms with van der Waals surface area (Å²) in [5, 5.41) is 15.0. The third-order valence-corrected chi connectivity index (χ3v) is 4.91. The minimum atomic E-state index is -1.20.